The van der Waals surface area contributed by atoms with E-state index in [4.69, 9.17) is 9.47 Å². The predicted molar refractivity (Wildman–Crippen MR) is 90.5 cm³/mol. The number of carbonyl (C=O) groups is 1. The normalized spacial score (nSPS) is 27.3. The van der Waals surface area contributed by atoms with Gasteiger partial charge in [0.25, 0.3) is 0 Å². The molecule has 0 saturated carbocycles. The van der Waals surface area contributed by atoms with E-state index in [1.165, 1.54) is 0 Å². The molecule has 0 bridgehead atoms. The monoisotopic (exact) mass is 334 g/mol. The number of rotatable bonds is 5. The van der Waals surface area contributed by atoms with Crippen molar-refractivity contribution >= 4 is 5.97 Å². The molecule has 0 aliphatic carbocycles. The van der Waals surface area contributed by atoms with Gasteiger partial charge in [0.05, 0.1) is 19.6 Å². The molecule has 2 fully saturated rings. The lowest BCUT2D eigenvalue weighted by Gasteiger charge is -2.48. The number of fused-ring (bicyclic) bond motifs is 1. The number of nitrogens with zero attached hydrogens (tertiary/aromatic N) is 1. The van der Waals surface area contributed by atoms with Gasteiger partial charge in [0, 0.05) is 31.7 Å². The van der Waals surface area contributed by atoms with Gasteiger partial charge in [-0.3, -0.25) is 9.69 Å². The van der Waals surface area contributed by atoms with Gasteiger partial charge >= 0.3 is 5.97 Å². The van der Waals surface area contributed by atoms with Crippen LogP contribution in [0.1, 0.15) is 24.8 Å². The zero-order chi connectivity index (χ0) is 17.2. The minimum atomic E-state index is -0.673. The molecule has 2 saturated heterocycles. The Balaban J connectivity index is 1.78. The van der Waals surface area contributed by atoms with E-state index in [1.54, 1.807) is 14.2 Å². The number of aliphatic carboxylic acids is 1. The Labute approximate surface area is 142 Å². The highest BCUT2D eigenvalue weighted by molar-refractivity contribution is 5.76. The van der Waals surface area contributed by atoms with Crippen molar-refractivity contribution in [1.82, 2.24) is 10.2 Å². The molecule has 6 heteroatoms. The molecule has 1 aromatic rings. The number of carboxylic acid groups (broad SMARTS) is 1. The van der Waals surface area contributed by atoms with Crippen LogP contribution in [0.15, 0.2) is 18.2 Å². The summed E-state index contributed by atoms with van der Waals surface area (Å²) in [5.41, 5.74) is 0.411. The number of ether oxygens (including phenoxy) is 2. The van der Waals surface area contributed by atoms with Crippen LogP contribution in [-0.2, 0) is 11.3 Å². The highest BCUT2D eigenvalue weighted by atomic mass is 16.5. The molecule has 1 aromatic carbocycles. The summed E-state index contributed by atoms with van der Waals surface area (Å²) < 4.78 is 10.7. The van der Waals surface area contributed by atoms with E-state index in [-0.39, 0.29) is 6.04 Å². The molecule has 2 heterocycles. The Morgan fingerprint density at radius 2 is 2.04 bits per heavy atom. The van der Waals surface area contributed by atoms with Crippen LogP contribution in [-0.4, -0.2) is 55.9 Å². The fourth-order valence-corrected chi connectivity index (χ4v) is 4.08. The topological polar surface area (TPSA) is 71.0 Å². The molecule has 2 N–H and O–H groups in total. The van der Waals surface area contributed by atoms with Gasteiger partial charge in [0.2, 0.25) is 0 Å². The van der Waals surface area contributed by atoms with Crippen LogP contribution in [0.3, 0.4) is 0 Å². The van der Waals surface area contributed by atoms with E-state index in [0.717, 1.165) is 49.4 Å². The first-order valence-corrected chi connectivity index (χ1v) is 8.48. The van der Waals surface area contributed by atoms with Crippen molar-refractivity contribution < 1.29 is 19.4 Å². The predicted octanol–water partition coefficient (Wildman–Crippen LogP) is 1.73. The number of nitrogens with one attached hydrogen (secondary N) is 1. The van der Waals surface area contributed by atoms with Gasteiger partial charge < -0.3 is 19.9 Å². The molecular weight excluding hydrogens is 308 g/mol. The Morgan fingerprint density at radius 1 is 1.33 bits per heavy atom. The van der Waals surface area contributed by atoms with Crippen molar-refractivity contribution in [3.05, 3.63) is 23.8 Å². The van der Waals surface area contributed by atoms with E-state index >= 15 is 0 Å². The highest BCUT2D eigenvalue weighted by Crippen LogP contribution is 2.38. The van der Waals surface area contributed by atoms with Gasteiger partial charge in [-0.2, -0.15) is 0 Å². The van der Waals surface area contributed by atoms with Crippen LogP contribution in [0, 0.1) is 5.41 Å². The molecule has 0 spiro atoms. The lowest BCUT2D eigenvalue weighted by atomic mass is 9.70. The number of methoxy groups -OCH3 is 2. The second-order valence-electron chi connectivity index (χ2n) is 6.79. The smallest absolute Gasteiger partial charge is 0.312 e. The van der Waals surface area contributed by atoms with Crippen molar-refractivity contribution in [2.24, 2.45) is 5.41 Å². The summed E-state index contributed by atoms with van der Waals surface area (Å²) in [6.45, 7) is 3.10. The maximum atomic E-state index is 12.0. The molecular formula is C18H26N2O4. The van der Waals surface area contributed by atoms with Gasteiger partial charge in [-0.05, 0) is 43.5 Å². The number of benzene rings is 1. The number of likely N-dealkylation sites (tertiary alicyclic amines) is 1. The fraction of sp³-hybridized carbons (Fsp3) is 0.611. The summed E-state index contributed by atoms with van der Waals surface area (Å²) in [7, 11) is 3.27. The Hall–Kier alpha value is -1.79. The summed E-state index contributed by atoms with van der Waals surface area (Å²) in [5, 5.41) is 13.3. The minimum absolute atomic E-state index is 0.0832. The molecule has 6 nitrogen and oxygen atoms in total. The van der Waals surface area contributed by atoms with Crippen molar-refractivity contribution in [3.63, 3.8) is 0 Å². The summed E-state index contributed by atoms with van der Waals surface area (Å²) >= 11 is 0. The number of hydrogen-bond acceptors (Lipinski definition) is 5. The molecule has 24 heavy (non-hydrogen) atoms. The van der Waals surface area contributed by atoms with Gasteiger partial charge in [-0.1, -0.05) is 0 Å². The average molecular weight is 334 g/mol. The second-order valence-corrected chi connectivity index (χ2v) is 6.79. The van der Waals surface area contributed by atoms with E-state index < -0.39 is 11.4 Å². The summed E-state index contributed by atoms with van der Waals surface area (Å²) in [6.07, 6.45) is 2.54. The van der Waals surface area contributed by atoms with E-state index in [1.807, 2.05) is 18.2 Å². The first-order chi connectivity index (χ1) is 11.6. The summed E-state index contributed by atoms with van der Waals surface area (Å²) in [6, 6.07) is 5.90. The molecule has 2 aliphatic rings. The average Bonchev–Trinajstić information content (AvgIpc) is 2.61. The van der Waals surface area contributed by atoms with Gasteiger partial charge in [0.1, 0.15) is 11.5 Å². The van der Waals surface area contributed by atoms with Crippen LogP contribution in [0.5, 0.6) is 11.5 Å². The first-order valence-electron chi connectivity index (χ1n) is 8.48. The van der Waals surface area contributed by atoms with Crippen LogP contribution < -0.4 is 14.8 Å². The third-order valence-corrected chi connectivity index (χ3v) is 5.34. The zero-order valence-electron chi connectivity index (χ0n) is 14.4. The second kappa shape index (κ2) is 6.99. The van der Waals surface area contributed by atoms with Gasteiger partial charge in [0.15, 0.2) is 0 Å². The minimum Gasteiger partial charge on any atom is -0.497 e. The fourth-order valence-electron chi connectivity index (χ4n) is 4.08. The maximum absolute atomic E-state index is 12.0. The highest BCUT2D eigenvalue weighted by Gasteiger charge is 2.50. The number of carboxylic acids is 1. The van der Waals surface area contributed by atoms with Gasteiger partial charge in [-0.15, -0.1) is 0 Å². The van der Waals surface area contributed by atoms with Crippen molar-refractivity contribution in [2.75, 3.05) is 33.9 Å². The Morgan fingerprint density at radius 3 is 2.67 bits per heavy atom. The molecule has 2 unspecified atom stereocenters. The first kappa shape index (κ1) is 17.0. The third kappa shape index (κ3) is 3.21. The van der Waals surface area contributed by atoms with Crippen LogP contribution in [0.25, 0.3) is 0 Å². The number of piperidine rings is 2. The van der Waals surface area contributed by atoms with E-state index in [2.05, 4.69) is 10.2 Å². The molecule has 2 atom stereocenters. The van der Waals surface area contributed by atoms with Crippen LogP contribution in [0.4, 0.5) is 0 Å². The Bertz CT molecular complexity index is 584. The third-order valence-electron chi connectivity index (χ3n) is 5.34. The summed E-state index contributed by atoms with van der Waals surface area (Å²) in [5.74, 6) is 0.839. The quantitative estimate of drug-likeness (QED) is 0.855. The largest absolute Gasteiger partial charge is 0.497 e. The molecule has 3 rings (SSSR count). The van der Waals surface area contributed by atoms with Crippen molar-refractivity contribution in [2.45, 2.75) is 31.8 Å². The standard InChI is InChI=1S/C18H26N2O4/c1-23-14-8-13(9-15(10-14)24-2)11-20-7-4-16-18(12-20,17(21)22)5-3-6-19-16/h8-10,16,19H,3-7,11-12H2,1-2H3,(H,21,22). The molecule has 0 amide bonds. The van der Waals surface area contributed by atoms with Crippen LogP contribution in [0.2, 0.25) is 0 Å². The SMILES string of the molecule is COc1cc(CN2CCC3NCCCC3(C(=O)O)C2)cc(OC)c1. The molecule has 0 aromatic heterocycles. The maximum Gasteiger partial charge on any atom is 0.312 e. The van der Waals surface area contributed by atoms with Crippen molar-refractivity contribution in [3.8, 4) is 11.5 Å². The molecule has 2 aliphatic heterocycles. The van der Waals surface area contributed by atoms with Crippen LogP contribution >= 0.6 is 0 Å². The Kier molecular flexibility index (Phi) is 4.96. The van der Waals surface area contributed by atoms with E-state index in [0.29, 0.717) is 13.1 Å². The van der Waals surface area contributed by atoms with E-state index in [9.17, 15) is 9.90 Å². The molecule has 132 valence electrons. The lowest BCUT2D eigenvalue weighted by molar-refractivity contribution is -0.157. The zero-order valence-corrected chi connectivity index (χ0v) is 14.4. The van der Waals surface area contributed by atoms with Gasteiger partial charge in [-0.25, -0.2) is 0 Å². The lowest BCUT2D eigenvalue weighted by Crippen LogP contribution is -2.62. The van der Waals surface area contributed by atoms with Crippen molar-refractivity contribution in [1.29, 1.82) is 0 Å². The number of hydrogen-bond donors (Lipinski definition) is 2. The molecule has 0 radical (unpaired) electrons. The summed E-state index contributed by atoms with van der Waals surface area (Å²) in [4.78, 5) is 14.2.